The van der Waals surface area contributed by atoms with Crippen molar-refractivity contribution in [3.05, 3.63) is 33.8 Å². The predicted molar refractivity (Wildman–Crippen MR) is 58.1 cm³/mol. The third-order valence-corrected chi connectivity index (χ3v) is 2.70. The van der Waals surface area contributed by atoms with Crippen molar-refractivity contribution in [3.8, 4) is 0 Å². The number of hydrogen-bond donors (Lipinski definition) is 0. The molecule has 74 valence electrons. The van der Waals surface area contributed by atoms with Gasteiger partial charge in [0, 0.05) is 29.1 Å². The van der Waals surface area contributed by atoms with Crippen LogP contribution < -0.4 is 0 Å². The van der Waals surface area contributed by atoms with Gasteiger partial charge in [-0.15, -0.1) is 0 Å². The maximum absolute atomic E-state index is 6.03. The van der Waals surface area contributed by atoms with Gasteiger partial charge in [-0.1, -0.05) is 34.4 Å². The summed E-state index contributed by atoms with van der Waals surface area (Å²) in [6.07, 6.45) is 3.51. The molecule has 2 rings (SSSR count). The number of rotatable bonds is 2. The van der Waals surface area contributed by atoms with E-state index in [9.17, 15) is 0 Å². The van der Waals surface area contributed by atoms with Gasteiger partial charge in [-0.05, 0) is 17.7 Å². The average Bonchev–Trinajstić information content (AvgIpc) is 2.62. The summed E-state index contributed by atoms with van der Waals surface area (Å²) in [5, 5.41) is 5.06. The van der Waals surface area contributed by atoms with Crippen molar-refractivity contribution in [2.24, 2.45) is 5.16 Å². The van der Waals surface area contributed by atoms with Gasteiger partial charge in [0.25, 0.3) is 0 Å². The van der Waals surface area contributed by atoms with Crippen molar-refractivity contribution in [2.75, 3.05) is 0 Å². The lowest BCUT2D eigenvalue weighted by Crippen LogP contribution is -2.09. The van der Waals surface area contributed by atoms with Crippen LogP contribution in [0.25, 0.3) is 0 Å². The number of benzene rings is 1. The van der Waals surface area contributed by atoms with Crippen LogP contribution in [0.5, 0.6) is 0 Å². The van der Waals surface area contributed by atoms with E-state index in [4.69, 9.17) is 28.0 Å². The molecule has 0 radical (unpaired) electrons. The first kappa shape index (κ1) is 9.81. The Hall–Kier alpha value is -0.730. The Labute approximate surface area is 92.5 Å². The van der Waals surface area contributed by atoms with Crippen LogP contribution in [-0.2, 0) is 11.3 Å². The Morgan fingerprint density at radius 2 is 2.29 bits per heavy atom. The number of oxime groups is 1. The summed E-state index contributed by atoms with van der Waals surface area (Å²) in [7, 11) is 0. The van der Waals surface area contributed by atoms with Crippen molar-refractivity contribution >= 4 is 29.4 Å². The van der Waals surface area contributed by atoms with Gasteiger partial charge in [-0.25, -0.2) is 0 Å². The van der Waals surface area contributed by atoms with Gasteiger partial charge in [0.15, 0.2) is 0 Å². The topological polar surface area (TPSA) is 21.6 Å². The highest BCUT2D eigenvalue weighted by atomic mass is 35.5. The van der Waals surface area contributed by atoms with Gasteiger partial charge in [-0.2, -0.15) is 0 Å². The van der Waals surface area contributed by atoms with Gasteiger partial charge < -0.3 is 4.84 Å². The molecule has 0 amide bonds. The molecule has 0 fully saturated rings. The number of nitrogens with zero attached hydrogens (tertiary/aromatic N) is 1. The monoisotopic (exact) mass is 229 g/mol. The highest BCUT2D eigenvalue weighted by Gasteiger charge is 2.15. The lowest BCUT2D eigenvalue weighted by Gasteiger charge is -2.09. The molecular weight excluding hydrogens is 221 g/mol. The molecule has 1 aromatic carbocycles. The lowest BCUT2D eigenvalue weighted by molar-refractivity contribution is 0.0860. The first-order valence-corrected chi connectivity index (χ1v) is 5.13. The van der Waals surface area contributed by atoms with E-state index >= 15 is 0 Å². The third-order valence-electron chi connectivity index (χ3n) is 2.12. The number of halogens is 2. The van der Waals surface area contributed by atoms with E-state index in [0.717, 1.165) is 18.4 Å². The zero-order valence-electron chi connectivity index (χ0n) is 7.41. The van der Waals surface area contributed by atoms with Crippen LogP contribution in [0.2, 0.25) is 10.0 Å². The fourth-order valence-corrected chi connectivity index (χ4v) is 1.87. The summed E-state index contributed by atoms with van der Waals surface area (Å²) in [5.41, 5.74) is 1.05. The fraction of sp³-hybridized carbons (Fsp3) is 0.300. The first-order valence-electron chi connectivity index (χ1n) is 4.37. The van der Waals surface area contributed by atoms with E-state index in [1.807, 2.05) is 12.1 Å². The Balaban J connectivity index is 2.08. The molecule has 1 aliphatic heterocycles. The molecule has 2 nitrogen and oxygen atoms in total. The van der Waals surface area contributed by atoms with Crippen LogP contribution in [0, 0.1) is 0 Å². The van der Waals surface area contributed by atoms with Crippen molar-refractivity contribution in [2.45, 2.75) is 18.9 Å². The van der Waals surface area contributed by atoms with Gasteiger partial charge >= 0.3 is 0 Å². The zero-order valence-corrected chi connectivity index (χ0v) is 8.92. The van der Waals surface area contributed by atoms with Crippen molar-refractivity contribution in [3.63, 3.8) is 0 Å². The second-order valence-electron chi connectivity index (χ2n) is 3.19. The maximum Gasteiger partial charge on any atom is 0.136 e. The van der Waals surface area contributed by atoms with E-state index < -0.39 is 0 Å². The highest BCUT2D eigenvalue weighted by Crippen LogP contribution is 2.23. The van der Waals surface area contributed by atoms with Crippen LogP contribution in [0.15, 0.2) is 23.4 Å². The van der Waals surface area contributed by atoms with Crippen molar-refractivity contribution in [1.29, 1.82) is 0 Å². The summed E-state index contributed by atoms with van der Waals surface area (Å²) >= 11 is 11.8. The minimum Gasteiger partial charge on any atom is -0.392 e. The molecule has 0 saturated carbocycles. The molecule has 1 unspecified atom stereocenters. The van der Waals surface area contributed by atoms with Crippen LogP contribution in [0.4, 0.5) is 0 Å². The summed E-state index contributed by atoms with van der Waals surface area (Å²) in [4.78, 5) is 5.12. The highest BCUT2D eigenvalue weighted by molar-refractivity contribution is 6.35. The molecule has 1 atom stereocenters. The van der Waals surface area contributed by atoms with Crippen molar-refractivity contribution in [1.82, 2.24) is 0 Å². The molecule has 1 aliphatic rings. The van der Waals surface area contributed by atoms with Crippen LogP contribution in [0.3, 0.4) is 0 Å². The number of hydrogen-bond acceptors (Lipinski definition) is 2. The molecule has 0 saturated heterocycles. The van der Waals surface area contributed by atoms with Gasteiger partial charge in [-0.3, -0.25) is 0 Å². The van der Waals surface area contributed by atoms with Crippen LogP contribution >= 0.6 is 23.2 Å². The summed E-state index contributed by atoms with van der Waals surface area (Å²) in [5.74, 6) is 0. The molecule has 1 heterocycles. The normalized spacial score (nSPS) is 19.7. The second-order valence-corrected chi connectivity index (χ2v) is 4.03. The molecule has 0 aromatic heterocycles. The van der Waals surface area contributed by atoms with E-state index in [0.29, 0.717) is 10.0 Å². The Bertz CT molecular complexity index is 357. The molecule has 4 heteroatoms. The van der Waals surface area contributed by atoms with Gasteiger partial charge in [0.2, 0.25) is 0 Å². The van der Waals surface area contributed by atoms with E-state index in [1.165, 1.54) is 0 Å². The summed E-state index contributed by atoms with van der Waals surface area (Å²) in [6.45, 7) is 0. The fourth-order valence-electron chi connectivity index (χ4n) is 1.39. The third kappa shape index (κ3) is 2.20. The minimum absolute atomic E-state index is 0.119. The largest absolute Gasteiger partial charge is 0.392 e. The van der Waals surface area contributed by atoms with E-state index in [-0.39, 0.29) is 6.10 Å². The SMILES string of the molecule is Clc1ccc(CC2CC=NO2)c(Cl)c1. The molecule has 0 bridgehead atoms. The minimum atomic E-state index is 0.119. The predicted octanol–water partition coefficient (Wildman–Crippen LogP) is 3.31. The molecule has 1 aromatic rings. The average molecular weight is 230 g/mol. The standard InChI is InChI=1S/C10H9Cl2NO/c11-8-2-1-7(10(12)6-8)5-9-3-4-13-14-9/h1-2,4,6,9H,3,5H2. The van der Waals surface area contributed by atoms with Crippen LogP contribution in [0.1, 0.15) is 12.0 Å². The Morgan fingerprint density at radius 3 is 2.93 bits per heavy atom. The molecule has 14 heavy (non-hydrogen) atoms. The smallest absolute Gasteiger partial charge is 0.136 e. The van der Waals surface area contributed by atoms with Crippen molar-refractivity contribution < 1.29 is 4.84 Å². The molecule has 0 aliphatic carbocycles. The van der Waals surface area contributed by atoms with E-state index in [1.54, 1.807) is 12.3 Å². The van der Waals surface area contributed by atoms with Gasteiger partial charge in [0.05, 0.1) is 0 Å². The van der Waals surface area contributed by atoms with Crippen LogP contribution in [-0.4, -0.2) is 12.3 Å². The Morgan fingerprint density at radius 1 is 1.43 bits per heavy atom. The summed E-state index contributed by atoms with van der Waals surface area (Å²) < 4.78 is 0. The lowest BCUT2D eigenvalue weighted by atomic mass is 10.1. The molecule has 0 spiro atoms. The first-order chi connectivity index (χ1) is 6.75. The maximum atomic E-state index is 6.03. The quantitative estimate of drug-likeness (QED) is 0.763. The van der Waals surface area contributed by atoms with Gasteiger partial charge in [0.1, 0.15) is 6.10 Å². The van der Waals surface area contributed by atoms with E-state index in [2.05, 4.69) is 5.16 Å². The molecular formula is C10H9Cl2NO. The Kier molecular flexibility index (Phi) is 2.94. The molecule has 0 N–H and O–H groups in total. The summed E-state index contributed by atoms with van der Waals surface area (Å²) in [6, 6.07) is 5.50. The zero-order chi connectivity index (χ0) is 9.97. The second kappa shape index (κ2) is 4.20.